The van der Waals surface area contributed by atoms with E-state index in [9.17, 15) is 9.59 Å². The molecule has 4 nitrogen and oxygen atoms in total. The van der Waals surface area contributed by atoms with Gasteiger partial charge in [-0.05, 0) is 56.4 Å². The molecule has 3 rings (SSSR count). The van der Waals surface area contributed by atoms with E-state index in [4.69, 9.17) is 0 Å². The minimum Gasteiger partial charge on any atom is -0.338 e. The number of amides is 2. The van der Waals surface area contributed by atoms with Crippen molar-refractivity contribution in [3.05, 3.63) is 65.2 Å². The molecule has 2 amide bonds. The Balaban J connectivity index is 1.75. The van der Waals surface area contributed by atoms with Crippen molar-refractivity contribution in [1.29, 1.82) is 0 Å². The number of nitrogens with zero attached hydrogens (tertiary/aromatic N) is 1. The lowest BCUT2D eigenvalue weighted by molar-refractivity contribution is -0.142. The molecule has 2 aromatic carbocycles. The van der Waals surface area contributed by atoms with Gasteiger partial charge in [0.15, 0.2) is 0 Å². The first-order valence-electron chi connectivity index (χ1n) is 9.18. The number of carbonyl (C=O) groups is 2. The number of rotatable bonds is 6. The van der Waals surface area contributed by atoms with Gasteiger partial charge in [0.1, 0.15) is 5.41 Å². The summed E-state index contributed by atoms with van der Waals surface area (Å²) in [6.07, 6.45) is 1.24. The van der Waals surface area contributed by atoms with Crippen molar-refractivity contribution in [2.24, 2.45) is 5.41 Å². The number of benzene rings is 2. The van der Waals surface area contributed by atoms with Gasteiger partial charge in [-0.3, -0.25) is 9.59 Å². The molecule has 136 valence electrons. The molecule has 2 aromatic rings. The molecule has 0 heterocycles. The first kappa shape index (κ1) is 18.2. The Kier molecular flexibility index (Phi) is 5.12. The zero-order valence-electron chi connectivity index (χ0n) is 15.7. The van der Waals surface area contributed by atoms with Crippen LogP contribution < -0.4 is 5.32 Å². The zero-order valence-corrected chi connectivity index (χ0v) is 15.7. The van der Waals surface area contributed by atoms with Crippen molar-refractivity contribution in [2.75, 3.05) is 11.9 Å². The number of hydrogen-bond acceptors (Lipinski definition) is 2. The van der Waals surface area contributed by atoms with E-state index >= 15 is 0 Å². The number of aryl methyl sites for hydroxylation is 2. The number of anilines is 1. The third-order valence-corrected chi connectivity index (χ3v) is 5.12. The van der Waals surface area contributed by atoms with E-state index in [0.717, 1.165) is 22.4 Å². The lowest BCUT2D eigenvalue weighted by Gasteiger charge is -2.26. The summed E-state index contributed by atoms with van der Waals surface area (Å²) in [6, 6.07) is 15.9. The highest BCUT2D eigenvalue weighted by molar-refractivity contribution is 6.13. The summed E-state index contributed by atoms with van der Waals surface area (Å²) >= 11 is 0. The molecule has 0 unspecified atom stereocenters. The van der Waals surface area contributed by atoms with Gasteiger partial charge in [-0.25, -0.2) is 0 Å². The molecule has 26 heavy (non-hydrogen) atoms. The molecule has 0 aliphatic heterocycles. The minimum absolute atomic E-state index is 0.0633. The van der Waals surface area contributed by atoms with Crippen LogP contribution in [-0.2, 0) is 16.1 Å². The highest BCUT2D eigenvalue weighted by Gasteiger charge is 2.57. The fourth-order valence-corrected chi connectivity index (χ4v) is 3.21. The second-order valence-electron chi connectivity index (χ2n) is 7.16. The van der Waals surface area contributed by atoms with Crippen LogP contribution in [0.3, 0.4) is 0 Å². The van der Waals surface area contributed by atoms with Crippen molar-refractivity contribution >= 4 is 17.5 Å². The molecule has 4 heteroatoms. The van der Waals surface area contributed by atoms with Gasteiger partial charge in [0, 0.05) is 18.8 Å². The quantitative estimate of drug-likeness (QED) is 0.799. The molecule has 0 radical (unpaired) electrons. The highest BCUT2D eigenvalue weighted by atomic mass is 16.2. The van der Waals surface area contributed by atoms with Crippen molar-refractivity contribution in [1.82, 2.24) is 4.90 Å². The second-order valence-corrected chi connectivity index (χ2v) is 7.16. The van der Waals surface area contributed by atoms with Crippen molar-refractivity contribution < 1.29 is 9.59 Å². The molecule has 1 aliphatic carbocycles. The topological polar surface area (TPSA) is 49.4 Å². The fraction of sp³-hybridized carbons (Fsp3) is 0.364. The third-order valence-electron chi connectivity index (χ3n) is 5.12. The maximum absolute atomic E-state index is 13.1. The van der Waals surface area contributed by atoms with E-state index in [1.165, 1.54) is 0 Å². The van der Waals surface area contributed by atoms with E-state index in [2.05, 4.69) is 5.32 Å². The molecule has 0 saturated heterocycles. The van der Waals surface area contributed by atoms with Gasteiger partial charge in [-0.1, -0.05) is 42.5 Å². The predicted molar refractivity (Wildman–Crippen MR) is 104 cm³/mol. The molecule has 0 bridgehead atoms. The maximum Gasteiger partial charge on any atom is 0.240 e. The number of hydrogen-bond donors (Lipinski definition) is 1. The Morgan fingerprint density at radius 2 is 1.77 bits per heavy atom. The van der Waals surface area contributed by atoms with Gasteiger partial charge in [0.2, 0.25) is 11.8 Å². The van der Waals surface area contributed by atoms with Gasteiger partial charge in [0.25, 0.3) is 0 Å². The standard InChI is InChI=1S/C22H26N2O2/c1-4-24(15-18-8-6-5-7-9-18)21(26)22(12-13-22)20(25)23-19-14-16(2)10-11-17(19)3/h5-11,14H,4,12-13,15H2,1-3H3,(H,23,25). The van der Waals surface area contributed by atoms with Crippen LogP contribution in [0.15, 0.2) is 48.5 Å². The highest BCUT2D eigenvalue weighted by Crippen LogP contribution is 2.48. The van der Waals surface area contributed by atoms with Crippen LogP contribution in [0, 0.1) is 19.3 Å². The van der Waals surface area contributed by atoms with E-state index in [-0.39, 0.29) is 11.8 Å². The second kappa shape index (κ2) is 7.32. The Morgan fingerprint density at radius 1 is 1.08 bits per heavy atom. The summed E-state index contributed by atoms with van der Waals surface area (Å²) in [5, 5.41) is 2.99. The summed E-state index contributed by atoms with van der Waals surface area (Å²) in [5.74, 6) is -0.241. The molecule has 1 saturated carbocycles. The Hall–Kier alpha value is -2.62. The Bertz CT molecular complexity index is 810. The Morgan fingerprint density at radius 3 is 2.38 bits per heavy atom. The molecule has 0 spiro atoms. The van der Waals surface area contributed by atoms with E-state index < -0.39 is 5.41 Å². The SMILES string of the molecule is CCN(Cc1ccccc1)C(=O)C1(C(=O)Nc2cc(C)ccc2C)CC1. The Labute approximate surface area is 155 Å². The maximum atomic E-state index is 13.1. The molecule has 1 fully saturated rings. The smallest absolute Gasteiger partial charge is 0.240 e. The van der Waals surface area contributed by atoms with E-state index in [1.807, 2.05) is 69.3 Å². The third kappa shape index (κ3) is 3.64. The summed E-state index contributed by atoms with van der Waals surface area (Å²) in [4.78, 5) is 27.8. The van der Waals surface area contributed by atoms with Crippen molar-refractivity contribution in [3.8, 4) is 0 Å². The van der Waals surface area contributed by atoms with E-state index in [1.54, 1.807) is 4.90 Å². The van der Waals surface area contributed by atoms with Crippen LogP contribution in [0.5, 0.6) is 0 Å². The molecule has 1 N–H and O–H groups in total. The largest absolute Gasteiger partial charge is 0.338 e. The van der Waals surface area contributed by atoms with Gasteiger partial charge < -0.3 is 10.2 Å². The summed E-state index contributed by atoms with van der Waals surface area (Å²) in [5.41, 5.74) is 3.06. The minimum atomic E-state index is -0.902. The van der Waals surface area contributed by atoms with E-state index in [0.29, 0.717) is 25.9 Å². The summed E-state index contributed by atoms with van der Waals surface area (Å²) in [6.45, 7) is 7.04. The average Bonchev–Trinajstić information content (AvgIpc) is 3.45. The zero-order chi connectivity index (χ0) is 18.7. The van der Waals surface area contributed by atoms with Gasteiger partial charge >= 0.3 is 0 Å². The predicted octanol–water partition coefficient (Wildman–Crippen LogP) is 4.07. The van der Waals surface area contributed by atoms with Gasteiger partial charge in [-0.15, -0.1) is 0 Å². The summed E-state index contributed by atoms with van der Waals surface area (Å²) < 4.78 is 0. The van der Waals surface area contributed by atoms with Gasteiger partial charge in [0.05, 0.1) is 0 Å². The number of nitrogens with one attached hydrogen (secondary N) is 1. The molecule has 0 aromatic heterocycles. The van der Waals surface area contributed by atoms with Crippen LogP contribution >= 0.6 is 0 Å². The lowest BCUT2D eigenvalue weighted by Crippen LogP contribution is -2.42. The fourth-order valence-electron chi connectivity index (χ4n) is 3.21. The molecular formula is C22H26N2O2. The summed E-state index contributed by atoms with van der Waals surface area (Å²) in [7, 11) is 0. The normalized spacial score (nSPS) is 14.6. The van der Waals surface area contributed by atoms with Crippen LogP contribution in [-0.4, -0.2) is 23.3 Å². The van der Waals surface area contributed by atoms with Crippen molar-refractivity contribution in [2.45, 2.75) is 40.2 Å². The van der Waals surface area contributed by atoms with Crippen LogP contribution in [0.4, 0.5) is 5.69 Å². The average molecular weight is 350 g/mol. The van der Waals surface area contributed by atoms with Crippen LogP contribution in [0.25, 0.3) is 0 Å². The molecule has 1 aliphatic rings. The first-order chi connectivity index (χ1) is 12.5. The first-order valence-corrected chi connectivity index (χ1v) is 9.18. The molecule has 0 atom stereocenters. The van der Waals surface area contributed by atoms with Crippen molar-refractivity contribution in [3.63, 3.8) is 0 Å². The van der Waals surface area contributed by atoms with Crippen LogP contribution in [0.2, 0.25) is 0 Å². The van der Waals surface area contributed by atoms with Gasteiger partial charge in [-0.2, -0.15) is 0 Å². The molecular weight excluding hydrogens is 324 g/mol. The monoisotopic (exact) mass is 350 g/mol. The number of carbonyl (C=O) groups excluding carboxylic acids is 2. The lowest BCUT2D eigenvalue weighted by atomic mass is 10.0. The van der Waals surface area contributed by atoms with Crippen LogP contribution in [0.1, 0.15) is 36.5 Å².